The third-order valence-electron chi connectivity index (χ3n) is 3.52. The van der Waals surface area contributed by atoms with Crippen LogP contribution in [0, 0.1) is 12.3 Å². The van der Waals surface area contributed by atoms with Gasteiger partial charge in [-0.1, -0.05) is 31.5 Å². The summed E-state index contributed by atoms with van der Waals surface area (Å²) in [5.74, 6) is 3.81. The average Bonchev–Trinajstić information content (AvgIpc) is 2.83. The normalized spacial score (nSPS) is 10.8. The van der Waals surface area contributed by atoms with Crippen LogP contribution in [-0.4, -0.2) is 6.54 Å². The van der Waals surface area contributed by atoms with Gasteiger partial charge in [-0.05, 0) is 25.5 Å². The first kappa shape index (κ1) is 14.7. The van der Waals surface area contributed by atoms with E-state index in [0.717, 1.165) is 43.7 Å². The van der Waals surface area contributed by atoms with Gasteiger partial charge in [0, 0.05) is 30.3 Å². The Morgan fingerprint density at radius 3 is 2.90 bits per heavy atom. The van der Waals surface area contributed by atoms with Crippen LogP contribution >= 0.6 is 0 Å². The number of fused-ring (bicyclic) bond motifs is 1. The molecule has 106 valence electrons. The van der Waals surface area contributed by atoms with E-state index in [1.165, 1.54) is 23.8 Å². The minimum atomic E-state index is 0.835. The second kappa shape index (κ2) is 7.77. The number of nitrogens with one attached hydrogen (secondary N) is 1. The molecule has 0 bridgehead atoms. The lowest BCUT2D eigenvalue weighted by molar-refractivity contribution is 0.524. The lowest BCUT2D eigenvalue weighted by Crippen LogP contribution is -2.15. The van der Waals surface area contributed by atoms with Gasteiger partial charge in [0.1, 0.15) is 11.3 Å². The Labute approximate surface area is 121 Å². The summed E-state index contributed by atoms with van der Waals surface area (Å²) in [5.41, 5.74) is 2.31. The molecule has 0 aliphatic heterocycles. The maximum atomic E-state index is 6.01. The Morgan fingerprint density at radius 1 is 1.25 bits per heavy atom. The van der Waals surface area contributed by atoms with Gasteiger partial charge in [-0.15, -0.1) is 12.3 Å². The molecule has 2 nitrogen and oxygen atoms in total. The Bertz CT molecular complexity index is 577. The lowest BCUT2D eigenvalue weighted by atomic mass is 10.1. The van der Waals surface area contributed by atoms with E-state index in [0.29, 0.717) is 0 Å². The molecule has 2 heteroatoms. The van der Waals surface area contributed by atoms with Crippen molar-refractivity contribution in [1.82, 2.24) is 5.32 Å². The van der Waals surface area contributed by atoms with Crippen molar-refractivity contribution in [1.29, 1.82) is 0 Å². The lowest BCUT2D eigenvalue weighted by Gasteiger charge is -2.05. The summed E-state index contributed by atoms with van der Waals surface area (Å²) in [4.78, 5) is 0. The van der Waals surface area contributed by atoms with Gasteiger partial charge in [-0.3, -0.25) is 0 Å². The van der Waals surface area contributed by atoms with Gasteiger partial charge >= 0.3 is 0 Å². The fourth-order valence-corrected chi connectivity index (χ4v) is 2.41. The molecule has 0 fully saturated rings. The molecule has 1 heterocycles. The van der Waals surface area contributed by atoms with E-state index in [1.807, 2.05) is 12.1 Å². The Hall–Kier alpha value is -1.72. The molecule has 0 saturated heterocycles. The summed E-state index contributed by atoms with van der Waals surface area (Å²) in [6.45, 7) is 4.03. The van der Waals surface area contributed by atoms with Gasteiger partial charge in [0.25, 0.3) is 0 Å². The van der Waals surface area contributed by atoms with Crippen LogP contribution in [0.15, 0.2) is 28.7 Å². The number of terminal acetylenes is 1. The van der Waals surface area contributed by atoms with E-state index in [9.17, 15) is 0 Å². The van der Waals surface area contributed by atoms with Crippen LogP contribution in [0.2, 0.25) is 0 Å². The van der Waals surface area contributed by atoms with E-state index >= 15 is 0 Å². The highest BCUT2D eigenvalue weighted by Crippen LogP contribution is 2.27. The average molecular weight is 269 g/mol. The predicted octanol–water partition coefficient (Wildman–Crippen LogP) is 4.28. The highest BCUT2D eigenvalue weighted by Gasteiger charge is 2.12. The molecular formula is C18H23NO. The largest absolute Gasteiger partial charge is 0.461 e. The summed E-state index contributed by atoms with van der Waals surface area (Å²) in [7, 11) is 0. The Morgan fingerprint density at radius 2 is 2.10 bits per heavy atom. The summed E-state index contributed by atoms with van der Waals surface area (Å²) < 4.78 is 6.01. The van der Waals surface area contributed by atoms with Gasteiger partial charge in [0.15, 0.2) is 0 Å². The van der Waals surface area contributed by atoms with Gasteiger partial charge in [-0.2, -0.15) is 0 Å². The number of hydrogen-bond donors (Lipinski definition) is 1. The van der Waals surface area contributed by atoms with E-state index in [4.69, 9.17) is 10.8 Å². The number of furan rings is 1. The zero-order valence-electron chi connectivity index (χ0n) is 12.2. The van der Waals surface area contributed by atoms with E-state index in [-0.39, 0.29) is 0 Å². The topological polar surface area (TPSA) is 25.2 Å². The predicted molar refractivity (Wildman–Crippen MR) is 84.6 cm³/mol. The number of para-hydroxylation sites is 1. The van der Waals surface area contributed by atoms with Crippen molar-refractivity contribution in [3.8, 4) is 12.3 Å². The molecule has 0 saturated carbocycles. The maximum absolute atomic E-state index is 6.01. The molecule has 1 aromatic carbocycles. The number of unbranched alkanes of at least 4 members (excludes halogenated alkanes) is 2. The smallest absolute Gasteiger partial charge is 0.134 e. The standard InChI is InChI=1S/C18H23NO/c1-3-5-9-13-19-14-16-15-10-7-8-12-17(15)20-18(16)11-6-4-2/h1,7-8,10,12,19H,4-6,9,11,13-14H2,2H3. The summed E-state index contributed by atoms with van der Waals surface area (Å²) in [6.07, 6.45) is 10.5. The molecule has 0 atom stereocenters. The molecular weight excluding hydrogens is 246 g/mol. The second-order valence-corrected chi connectivity index (χ2v) is 5.09. The molecule has 0 unspecified atom stereocenters. The first-order valence-corrected chi connectivity index (χ1v) is 7.50. The highest BCUT2D eigenvalue weighted by atomic mass is 16.3. The first-order valence-electron chi connectivity index (χ1n) is 7.50. The highest BCUT2D eigenvalue weighted by molar-refractivity contribution is 5.82. The van der Waals surface area contributed by atoms with Gasteiger partial charge < -0.3 is 9.73 Å². The van der Waals surface area contributed by atoms with Crippen LogP contribution in [-0.2, 0) is 13.0 Å². The minimum absolute atomic E-state index is 0.835. The van der Waals surface area contributed by atoms with Crippen molar-refractivity contribution in [2.45, 2.75) is 45.6 Å². The van der Waals surface area contributed by atoms with Crippen LogP contribution < -0.4 is 5.32 Å². The molecule has 1 N–H and O–H groups in total. The number of rotatable bonds is 8. The van der Waals surface area contributed by atoms with E-state index in [2.05, 4.69) is 30.3 Å². The van der Waals surface area contributed by atoms with Crippen molar-refractivity contribution in [3.05, 3.63) is 35.6 Å². The third kappa shape index (κ3) is 3.65. The SMILES string of the molecule is C#CCCCNCc1c(CCCC)oc2ccccc12. The zero-order chi connectivity index (χ0) is 14.2. The van der Waals surface area contributed by atoms with Gasteiger partial charge in [0.2, 0.25) is 0 Å². The quantitative estimate of drug-likeness (QED) is 0.571. The minimum Gasteiger partial charge on any atom is -0.461 e. The van der Waals surface area contributed by atoms with Crippen LogP contribution in [0.3, 0.4) is 0 Å². The molecule has 0 spiro atoms. The van der Waals surface area contributed by atoms with Crippen molar-refractivity contribution < 1.29 is 4.42 Å². The maximum Gasteiger partial charge on any atom is 0.134 e. The molecule has 0 radical (unpaired) electrons. The monoisotopic (exact) mass is 269 g/mol. The number of benzene rings is 1. The van der Waals surface area contributed by atoms with Gasteiger partial charge in [-0.25, -0.2) is 0 Å². The fraction of sp³-hybridized carbons (Fsp3) is 0.444. The summed E-state index contributed by atoms with van der Waals surface area (Å²) in [5, 5.41) is 4.71. The van der Waals surface area contributed by atoms with E-state index in [1.54, 1.807) is 0 Å². The van der Waals surface area contributed by atoms with Crippen LogP contribution in [0.25, 0.3) is 11.0 Å². The second-order valence-electron chi connectivity index (χ2n) is 5.09. The summed E-state index contributed by atoms with van der Waals surface area (Å²) in [6, 6.07) is 8.29. The fourth-order valence-electron chi connectivity index (χ4n) is 2.41. The number of hydrogen-bond acceptors (Lipinski definition) is 2. The van der Waals surface area contributed by atoms with Crippen molar-refractivity contribution >= 4 is 11.0 Å². The van der Waals surface area contributed by atoms with E-state index < -0.39 is 0 Å². The van der Waals surface area contributed by atoms with Crippen molar-refractivity contribution in [2.24, 2.45) is 0 Å². The van der Waals surface area contributed by atoms with Crippen molar-refractivity contribution in [2.75, 3.05) is 6.54 Å². The molecule has 0 amide bonds. The Kier molecular flexibility index (Phi) is 5.70. The van der Waals surface area contributed by atoms with Crippen molar-refractivity contribution in [3.63, 3.8) is 0 Å². The number of aryl methyl sites for hydroxylation is 1. The molecule has 20 heavy (non-hydrogen) atoms. The zero-order valence-corrected chi connectivity index (χ0v) is 12.2. The molecule has 0 aliphatic rings. The summed E-state index contributed by atoms with van der Waals surface area (Å²) >= 11 is 0. The Balaban J connectivity index is 2.09. The van der Waals surface area contributed by atoms with Gasteiger partial charge in [0.05, 0.1) is 0 Å². The third-order valence-corrected chi connectivity index (χ3v) is 3.52. The molecule has 2 rings (SSSR count). The molecule has 1 aromatic heterocycles. The first-order chi connectivity index (χ1) is 9.86. The van der Waals surface area contributed by atoms with Crippen LogP contribution in [0.1, 0.15) is 43.9 Å². The molecule has 2 aromatic rings. The van der Waals surface area contributed by atoms with Crippen LogP contribution in [0.5, 0.6) is 0 Å². The molecule has 0 aliphatic carbocycles. The van der Waals surface area contributed by atoms with Crippen LogP contribution in [0.4, 0.5) is 0 Å².